The minimum atomic E-state index is 0.0906. The van der Waals surface area contributed by atoms with E-state index in [0.717, 1.165) is 16.0 Å². The van der Waals surface area contributed by atoms with E-state index in [0.29, 0.717) is 0 Å². The largest absolute Gasteiger partial charge is 0.379 e. The van der Waals surface area contributed by atoms with Gasteiger partial charge in [-0.15, -0.1) is 0 Å². The molecule has 0 aliphatic carbocycles. The van der Waals surface area contributed by atoms with Gasteiger partial charge in [0.05, 0.1) is 0 Å². The van der Waals surface area contributed by atoms with Crippen molar-refractivity contribution in [2.45, 2.75) is 37.8 Å². The average molecular weight is 296 g/mol. The van der Waals surface area contributed by atoms with Gasteiger partial charge < -0.3 is 11.5 Å². The van der Waals surface area contributed by atoms with Crippen molar-refractivity contribution in [2.75, 3.05) is 0 Å². The van der Waals surface area contributed by atoms with Gasteiger partial charge in [0.2, 0.25) is 0 Å². The van der Waals surface area contributed by atoms with Crippen LogP contribution in [0.4, 0.5) is 0 Å². The standard InChI is InChI=1S/C13H20N4S2/c1-6-5-7(2)11(19-13(16)17)8(3)10(6)9(4)18-12(14)15/h5,9H,1-4H3,(H3,14,15)(H3,16,17). The first-order chi connectivity index (χ1) is 8.73. The molecule has 4 nitrogen and oxygen atoms in total. The van der Waals surface area contributed by atoms with Crippen LogP contribution < -0.4 is 11.5 Å². The van der Waals surface area contributed by atoms with Crippen molar-refractivity contribution < 1.29 is 0 Å². The SMILES string of the molecule is Cc1cc(C)c(C(C)SC(=N)N)c(C)c1SC(=N)N. The predicted octanol–water partition coefficient (Wildman–Crippen LogP) is 3.29. The Morgan fingerprint density at radius 2 is 1.68 bits per heavy atom. The van der Waals surface area contributed by atoms with Crippen LogP contribution in [-0.4, -0.2) is 10.3 Å². The highest BCUT2D eigenvalue weighted by atomic mass is 32.2. The number of nitrogens with two attached hydrogens (primary N) is 2. The number of amidine groups is 2. The number of rotatable bonds is 3. The summed E-state index contributed by atoms with van der Waals surface area (Å²) in [4.78, 5) is 1.03. The molecule has 1 atom stereocenters. The molecule has 1 aromatic carbocycles. The van der Waals surface area contributed by atoms with E-state index in [-0.39, 0.29) is 15.6 Å². The molecule has 1 unspecified atom stereocenters. The van der Waals surface area contributed by atoms with Crippen LogP contribution >= 0.6 is 23.5 Å². The van der Waals surface area contributed by atoms with E-state index < -0.39 is 0 Å². The van der Waals surface area contributed by atoms with Gasteiger partial charge in [-0.2, -0.15) is 0 Å². The van der Waals surface area contributed by atoms with Gasteiger partial charge in [0, 0.05) is 10.1 Å². The summed E-state index contributed by atoms with van der Waals surface area (Å²) in [6.45, 7) is 8.17. The molecule has 0 saturated carbocycles. The molecule has 0 bridgehead atoms. The molecule has 104 valence electrons. The van der Waals surface area contributed by atoms with Crippen molar-refractivity contribution in [2.24, 2.45) is 11.5 Å². The molecule has 0 aliphatic heterocycles. The van der Waals surface area contributed by atoms with Crippen LogP contribution in [0, 0.1) is 31.6 Å². The van der Waals surface area contributed by atoms with Crippen molar-refractivity contribution >= 4 is 33.9 Å². The monoisotopic (exact) mass is 296 g/mol. The average Bonchev–Trinajstić information content (AvgIpc) is 2.22. The zero-order valence-electron chi connectivity index (χ0n) is 11.6. The highest BCUT2D eigenvalue weighted by Gasteiger charge is 2.18. The van der Waals surface area contributed by atoms with Crippen molar-refractivity contribution in [3.8, 4) is 0 Å². The fraction of sp³-hybridized carbons (Fsp3) is 0.385. The summed E-state index contributed by atoms with van der Waals surface area (Å²) in [5.41, 5.74) is 15.6. The zero-order valence-corrected chi connectivity index (χ0v) is 13.3. The second-order valence-corrected chi connectivity index (χ2v) is 6.90. The molecule has 0 heterocycles. The molecule has 0 aliphatic rings. The van der Waals surface area contributed by atoms with E-state index >= 15 is 0 Å². The Bertz CT molecular complexity index is 526. The minimum absolute atomic E-state index is 0.0906. The van der Waals surface area contributed by atoms with Crippen molar-refractivity contribution in [3.05, 3.63) is 28.3 Å². The summed E-state index contributed by atoms with van der Waals surface area (Å²) in [5.74, 6) is 0. The quantitative estimate of drug-likeness (QED) is 0.390. The van der Waals surface area contributed by atoms with Gasteiger partial charge in [0.15, 0.2) is 10.3 Å². The van der Waals surface area contributed by atoms with E-state index in [2.05, 4.69) is 13.0 Å². The van der Waals surface area contributed by atoms with Gasteiger partial charge in [0.25, 0.3) is 0 Å². The molecule has 0 radical (unpaired) electrons. The number of hydrogen-bond acceptors (Lipinski definition) is 4. The first-order valence-corrected chi connectivity index (χ1v) is 7.56. The van der Waals surface area contributed by atoms with Crippen LogP contribution in [0.1, 0.15) is 34.4 Å². The highest BCUT2D eigenvalue weighted by Crippen LogP contribution is 2.38. The molecule has 0 saturated heterocycles. The molecule has 6 N–H and O–H groups in total. The fourth-order valence-electron chi connectivity index (χ4n) is 2.32. The molecule has 19 heavy (non-hydrogen) atoms. The third-order valence-electron chi connectivity index (χ3n) is 2.88. The Morgan fingerprint density at radius 1 is 1.11 bits per heavy atom. The van der Waals surface area contributed by atoms with Gasteiger partial charge in [-0.1, -0.05) is 29.6 Å². The van der Waals surface area contributed by atoms with E-state index in [1.807, 2.05) is 20.8 Å². The van der Waals surface area contributed by atoms with Gasteiger partial charge in [-0.05, 0) is 49.9 Å². The van der Waals surface area contributed by atoms with Crippen LogP contribution in [0.15, 0.2) is 11.0 Å². The first kappa shape index (κ1) is 15.9. The molecule has 0 aromatic heterocycles. The molecule has 0 fully saturated rings. The maximum atomic E-state index is 7.45. The lowest BCUT2D eigenvalue weighted by molar-refractivity contribution is 1.02. The van der Waals surface area contributed by atoms with Crippen LogP contribution in [0.3, 0.4) is 0 Å². The topological polar surface area (TPSA) is 99.7 Å². The zero-order chi connectivity index (χ0) is 14.7. The van der Waals surface area contributed by atoms with Gasteiger partial charge in [0.1, 0.15) is 0 Å². The third-order valence-corrected chi connectivity index (χ3v) is 4.78. The van der Waals surface area contributed by atoms with E-state index in [9.17, 15) is 0 Å². The maximum absolute atomic E-state index is 7.45. The number of aryl methyl sites for hydroxylation is 2. The fourth-order valence-corrected chi connectivity index (χ4v) is 3.89. The molecule has 0 amide bonds. The molecule has 0 spiro atoms. The summed E-state index contributed by atoms with van der Waals surface area (Å²) < 4.78 is 0. The minimum Gasteiger partial charge on any atom is -0.379 e. The normalized spacial score (nSPS) is 12.2. The Hall–Kier alpha value is -1.14. The second kappa shape index (κ2) is 6.34. The molecular formula is C13H20N4S2. The van der Waals surface area contributed by atoms with Crippen LogP contribution in [-0.2, 0) is 0 Å². The smallest absolute Gasteiger partial charge is 0.155 e. The van der Waals surface area contributed by atoms with Crippen molar-refractivity contribution in [1.82, 2.24) is 0 Å². The number of nitrogens with one attached hydrogen (secondary N) is 2. The number of thioether (sulfide) groups is 2. The summed E-state index contributed by atoms with van der Waals surface area (Å²) in [6.07, 6.45) is 0. The van der Waals surface area contributed by atoms with Crippen LogP contribution in [0.5, 0.6) is 0 Å². The number of hydrogen-bond donors (Lipinski definition) is 4. The lowest BCUT2D eigenvalue weighted by Crippen LogP contribution is -2.10. The van der Waals surface area contributed by atoms with Crippen LogP contribution in [0.2, 0.25) is 0 Å². The Morgan fingerprint density at radius 3 is 2.16 bits per heavy atom. The Labute approximate surface area is 122 Å². The predicted molar refractivity (Wildman–Crippen MR) is 86.3 cm³/mol. The van der Waals surface area contributed by atoms with E-state index in [1.165, 1.54) is 34.7 Å². The van der Waals surface area contributed by atoms with E-state index in [1.54, 1.807) is 0 Å². The second-order valence-electron chi connectivity index (χ2n) is 4.47. The molecule has 1 aromatic rings. The Balaban J connectivity index is 3.31. The number of benzene rings is 1. The van der Waals surface area contributed by atoms with Crippen molar-refractivity contribution in [1.29, 1.82) is 10.8 Å². The molecular weight excluding hydrogens is 276 g/mol. The summed E-state index contributed by atoms with van der Waals surface area (Å²) >= 11 is 2.61. The molecule has 1 rings (SSSR count). The Kier molecular flexibility index (Phi) is 5.31. The van der Waals surface area contributed by atoms with Gasteiger partial charge in [-0.25, -0.2) is 0 Å². The van der Waals surface area contributed by atoms with E-state index in [4.69, 9.17) is 22.3 Å². The summed E-state index contributed by atoms with van der Waals surface area (Å²) in [5, 5.41) is 15.2. The van der Waals surface area contributed by atoms with Crippen LogP contribution in [0.25, 0.3) is 0 Å². The van der Waals surface area contributed by atoms with Gasteiger partial charge in [-0.3, -0.25) is 10.8 Å². The molecule has 6 heteroatoms. The highest BCUT2D eigenvalue weighted by molar-refractivity contribution is 8.14. The van der Waals surface area contributed by atoms with Gasteiger partial charge >= 0.3 is 0 Å². The lowest BCUT2D eigenvalue weighted by atomic mass is 9.97. The van der Waals surface area contributed by atoms with Crippen molar-refractivity contribution in [3.63, 3.8) is 0 Å². The lowest BCUT2D eigenvalue weighted by Gasteiger charge is -2.20. The maximum Gasteiger partial charge on any atom is 0.155 e. The summed E-state index contributed by atoms with van der Waals surface area (Å²) in [6, 6.07) is 2.10. The third kappa shape index (κ3) is 3.91. The summed E-state index contributed by atoms with van der Waals surface area (Å²) in [7, 11) is 0. The first-order valence-electron chi connectivity index (χ1n) is 5.87.